The molecule has 0 aliphatic rings. The molecule has 0 saturated carbocycles. The average Bonchev–Trinajstić information content (AvgIpc) is 2.93. The monoisotopic (exact) mass is 541 g/mol. The van der Waals surface area contributed by atoms with Crippen molar-refractivity contribution in [2.75, 3.05) is 23.1 Å². The van der Waals surface area contributed by atoms with E-state index in [0.717, 1.165) is 27.5 Å². The van der Waals surface area contributed by atoms with Crippen molar-refractivity contribution in [1.29, 1.82) is 0 Å². The van der Waals surface area contributed by atoms with Crippen LogP contribution in [0.5, 0.6) is 5.75 Å². The minimum Gasteiger partial charge on any atom is -0.495 e. The molecule has 0 bridgehead atoms. The molecular formula is C31H31N3O2S2. The van der Waals surface area contributed by atoms with E-state index in [0.29, 0.717) is 16.8 Å². The summed E-state index contributed by atoms with van der Waals surface area (Å²) in [5.74, 6) is 1.06. The summed E-state index contributed by atoms with van der Waals surface area (Å²) < 4.78 is 5.39. The fourth-order valence-electron chi connectivity index (χ4n) is 3.88. The molecule has 4 aromatic rings. The van der Waals surface area contributed by atoms with Crippen molar-refractivity contribution < 1.29 is 9.53 Å². The van der Waals surface area contributed by atoms with Crippen LogP contribution >= 0.6 is 24.0 Å². The number of rotatable bonds is 9. The van der Waals surface area contributed by atoms with Crippen LogP contribution in [0.2, 0.25) is 0 Å². The predicted octanol–water partition coefficient (Wildman–Crippen LogP) is 8.10. The highest BCUT2D eigenvalue weighted by atomic mass is 32.2. The zero-order valence-corrected chi connectivity index (χ0v) is 23.2. The van der Waals surface area contributed by atoms with Crippen LogP contribution in [0.3, 0.4) is 0 Å². The van der Waals surface area contributed by atoms with E-state index in [2.05, 4.69) is 41.9 Å². The van der Waals surface area contributed by atoms with E-state index < -0.39 is 5.25 Å². The van der Waals surface area contributed by atoms with Crippen LogP contribution in [0.25, 0.3) is 0 Å². The molecule has 1 amide bonds. The van der Waals surface area contributed by atoms with Crippen molar-refractivity contribution >= 4 is 52.1 Å². The zero-order valence-electron chi connectivity index (χ0n) is 21.6. The Morgan fingerprint density at radius 2 is 1.47 bits per heavy atom. The summed E-state index contributed by atoms with van der Waals surface area (Å²) in [4.78, 5) is 14.4. The molecule has 194 valence electrons. The van der Waals surface area contributed by atoms with Crippen LogP contribution in [0.1, 0.15) is 36.1 Å². The highest BCUT2D eigenvalue weighted by Crippen LogP contribution is 2.37. The van der Waals surface area contributed by atoms with Gasteiger partial charge in [0.15, 0.2) is 5.11 Å². The molecular weight excluding hydrogens is 510 g/mol. The van der Waals surface area contributed by atoms with Crippen molar-refractivity contribution in [2.45, 2.75) is 29.9 Å². The van der Waals surface area contributed by atoms with Gasteiger partial charge in [0.1, 0.15) is 11.0 Å². The van der Waals surface area contributed by atoms with E-state index in [1.807, 2.05) is 91.0 Å². The van der Waals surface area contributed by atoms with Gasteiger partial charge in [0.25, 0.3) is 0 Å². The number of anilines is 3. The third-order valence-electron chi connectivity index (χ3n) is 5.89. The molecule has 1 atom stereocenters. The van der Waals surface area contributed by atoms with E-state index in [1.54, 1.807) is 7.11 Å². The Morgan fingerprint density at radius 3 is 2.18 bits per heavy atom. The topological polar surface area (TPSA) is 62.4 Å². The number of hydrogen-bond acceptors (Lipinski definition) is 4. The van der Waals surface area contributed by atoms with Gasteiger partial charge in [0.2, 0.25) is 5.91 Å². The lowest BCUT2D eigenvalue weighted by Gasteiger charge is -2.18. The summed E-state index contributed by atoms with van der Waals surface area (Å²) in [6, 6.07) is 33.3. The predicted molar refractivity (Wildman–Crippen MR) is 163 cm³/mol. The lowest BCUT2D eigenvalue weighted by molar-refractivity contribution is -0.115. The molecule has 0 fully saturated rings. The number of thiocarbonyl (C=S) groups is 1. The number of thioether (sulfide) groups is 1. The maximum absolute atomic E-state index is 13.5. The number of ether oxygens (including phenoxy) is 1. The standard InChI is InChI=1S/C31H31N3O2S2/c1-21(2)22-16-18-24(19-17-22)32-30(35)29(23-10-5-4-6-11-23)38-26-13-9-12-25(20-26)33-31(37)34-27-14-7-8-15-28(27)36-3/h4-21,29H,1-3H3,(H,32,35)(H2,33,34,37). The third-order valence-corrected chi connectivity index (χ3v) is 7.34. The molecule has 4 aromatic carbocycles. The van der Waals surface area contributed by atoms with Crippen LogP contribution in [0, 0.1) is 0 Å². The van der Waals surface area contributed by atoms with Crippen molar-refractivity contribution in [3.05, 3.63) is 114 Å². The second-order valence-corrected chi connectivity index (χ2v) is 10.6. The fourth-order valence-corrected chi connectivity index (χ4v) is 5.19. The molecule has 7 heteroatoms. The quantitative estimate of drug-likeness (QED) is 0.147. The normalized spacial score (nSPS) is 11.5. The minimum atomic E-state index is -0.435. The molecule has 0 spiro atoms. The van der Waals surface area contributed by atoms with E-state index in [1.165, 1.54) is 17.3 Å². The summed E-state index contributed by atoms with van der Waals surface area (Å²) in [6.07, 6.45) is 0. The maximum atomic E-state index is 13.5. The summed E-state index contributed by atoms with van der Waals surface area (Å²) in [7, 11) is 1.62. The van der Waals surface area contributed by atoms with Crippen LogP contribution in [0.4, 0.5) is 17.1 Å². The van der Waals surface area contributed by atoms with Gasteiger partial charge in [0, 0.05) is 16.3 Å². The first-order valence-electron chi connectivity index (χ1n) is 12.4. The Balaban J connectivity index is 1.48. The number of methoxy groups -OCH3 is 1. The Hall–Kier alpha value is -3.81. The SMILES string of the molecule is COc1ccccc1NC(=S)Nc1cccc(SC(C(=O)Nc2ccc(C(C)C)cc2)c2ccccc2)c1. The summed E-state index contributed by atoms with van der Waals surface area (Å²) in [5, 5.41) is 9.51. The van der Waals surface area contributed by atoms with Crippen molar-refractivity contribution in [3.8, 4) is 5.75 Å². The number of benzene rings is 4. The number of carbonyl (C=O) groups is 1. The highest BCUT2D eigenvalue weighted by molar-refractivity contribution is 8.00. The van der Waals surface area contributed by atoms with Gasteiger partial charge in [-0.2, -0.15) is 0 Å². The Labute approximate surface area is 234 Å². The van der Waals surface area contributed by atoms with Gasteiger partial charge < -0.3 is 20.7 Å². The smallest absolute Gasteiger partial charge is 0.242 e. The van der Waals surface area contributed by atoms with Crippen molar-refractivity contribution in [1.82, 2.24) is 0 Å². The fraction of sp³-hybridized carbons (Fsp3) is 0.161. The van der Waals surface area contributed by atoms with Gasteiger partial charge in [-0.25, -0.2) is 0 Å². The summed E-state index contributed by atoms with van der Waals surface area (Å²) in [5.41, 5.74) is 4.54. The van der Waals surface area contributed by atoms with Crippen molar-refractivity contribution in [2.24, 2.45) is 0 Å². The molecule has 0 radical (unpaired) electrons. The molecule has 1 unspecified atom stereocenters. The Bertz CT molecular complexity index is 1380. The highest BCUT2D eigenvalue weighted by Gasteiger charge is 2.22. The lowest BCUT2D eigenvalue weighted by Crippen LogP contribution is -2.20. The molecule has 0 saturated heterocycles. The van der Waals surface area contributed by atoms with Crippen LogP contribution in [-0.4, -0.2) is 18.1 Å². The first-order valence-corrected chi connectivity index (χ1v) is 13.6. The van der Waals surface area contributed by atoms with E-state index >= 15 is 0 Å². The minimum absolute atomic E-state index is 0.0785. The van der Waals surface area contributed by atoms with Gasteiger partial charge in [-0.05, 0) is 71.7 Å². The third kappa shape index (κ3) is 7.37. The molecule has 3 N–H and O–H groups in total. The van der Waals surface area contributed by atoms with Crippen LogP contribution in [0.15, 0.2) is 108 Å². The second-order valence-electron chi connectivity index (χ2n) is 8.98. The van der Waals surface area contributed by atoms with Gasteiger partial charge in [-0.1, -0.05) is 74.5 Å². The maximum Gasteiger partial charge on any atom is 0.242 e. The first-order chi connectivity index (χ1) is 18.4. The molecule has 5 nitrogen and oxygen atoms in total. The Morgan fingerprint density at radius 1 is 0.763 bits per heavy atom. The first kappa shape index (κ1) is 27.2. The van der Waals surface area contributed by atoms with Gasteiger partial charge in [-0.15, -0.1) is 11.8 Å². The largest absolute Gasteiger partial charge is 0.495 e. The van der Waals surface area contributed by atoms with E-state index in [-0.39, 0.29) is 5.91 Å². The number of para-hydroxylation sites is 2. The number of amides is 1. The van der Waals surface area contributed by atoms with E-state index in [9.17, 15) is 4.79 Å². The average molecular weight is 542 g/mol. The molecule has 0 aliphatic heterocycles. The molecule has 0 aromatic heterocycles. The van der Waals surface area contributed by atoms with Gasteiger partial charge in [-0.3, -0.25) is 4.79 Å². The van der Waals surface area contributed by atoms with Crippen LogP contribution in [-0.2, 0) is 4.79 Å². The van der Waals surface area contributed by atoms with E-state index in [4.69, 9.17) is 17.0 Å². The lowest BCUT2D eigenvalue weighted by atomic mass is 10.0. The Kier molecular flexibility index (Phi) is 9.40. The number of nitrogens with one attached hydrogen (secondary N) is 3. The molecule has 38 heavy (non-hydrogen) atoms. The summed E-state index contributed by atoms with van der Waals surface area (Å²) in [6.45, 7) is 4.31. The van der Waals surface area contributed by atoms with Crippen molar-refractivity contribution in [3.63, 3.8) is 0 Å². The molecule has 4 rings (SSSR count). The summed E-state index contributed by atoms with van der Waals surface area (Å²) >= 11 is 7.02. The van der Waals surface area contributed by atoms with Gasteiger partial charge >= 0.3 is 0 Å². The second kappa shape index (κ2) is 13.1. The number of hydrogen-bond donors (Lipinski definition) is 3. The molecule has 0 heterocycles. The number of carbonyl (C=O) groups excluding carboxylic acids is 1. The molecule has 0 aliphatic carbocycles. The van der Waals surface area contributed by atoms with Gasteiger partial charge in [0.05, 0.1) is 12.8 Å². The van der Waals surface area contributed by atoms with Crippen LogP contribution < -0.4 is 20.7 Å². The zero-order chi connectivity index (χ0) is 26.9.